The lowest BCUT2D eigenvalue weighted by molar-refractivity contribution is -0.506. The topological polar surface area (TPSA) is 26.1 Å². The Morgan fingerprint density at radius 1 is 1.40 bits per heavy atom. The zero-order valence-corrected chi connectivity index (χ0v) is 6.55. The normalized spacial score (nSPS) is 33.7. The van der Waals surface area contributed by atoms with Crippen LogP contribution in [-0.2, 0) is 0 Å². The third kappa shape index (κ3) is 1.49. The van der Waals surface area contributed by atoms with Gasteiger partial charge in [-0.1, -0.05) is 13.3 Å². The molecule has 0 saturated heterocycles. The predicted molar refractivity (Wildman–Crippen MR) is 42.2 cm³/mol. The van der Waals surface area contributed by atoms with Crippen molar-refractivity contribution in [2.75, 3.05) is 0 Å². The van der Waals surface area contributed by atoms with Gasteiger partial charge in [0, 0.05) is 12.3 Å². The molecule has 1 rings (SSSR count). The minimum absolute atomic E-state index is 0.189. The van der Waals surface area contributed by atoms with Gasteiger partial charge in [0.15, 0.2) is 6.04 Å². The van der Waals surface area contributed by atoms with E-state index < -0.39 is 0 Å². The molecule has 2 atom stereocenters. The van der Waals surface area contributed by atoms with Crippen molar-refractivity contribution in [2.24, 2.45) is 5.92 Å². The van der Waals surface area contributed by atoms with Crippen molar-refractivity contribution in [3.8, 4) is 0 Å². The SMILES string of the molecule is C=[N+]([O-])C1CCCCC1C. The van der Waals surface area contributed by atoms with Crippen molar-refractivity contribution < 1.29 is 4.74 Å². The summed E-state index contributed by atoms with van der Waals surface area (Å²) in [4.78, 5) is 0. The lowest BCUT2D eigenvalue weighted by Crippen LogP contribution is -2.30. The van der Waals surface area contributed by atoms with Gasteiger partial charge in [0.1, 0.15) is 6.72 Å². The molecule has 1 saturated carbocycles. The molecule has 0 aromatic rings. The second-order valence-corrected chi connectivity index (χ2v) is 3.25. The molecule has 0 amide bonds. The summed E-state index contributed by atoms with van der Waals surface area (Å²) >= 11 is 0. The van der Waals surface area contributed by atoms with Gasteiger partial charge >= 0.3 is 0 Å². The van der Waals surface area contributed by atoms with Crippen LogP contribution < -0.4 is 0 Å². The summed E-state index contributed by atoms with van der Waals surface area (Å²) in [5, 5.41) is 10.8. The average Bonchev–Trinajstić information content (AvgIpc) is 1.88. The number of rotatable bonds is 1. The van der Waals surface area contributed by atoms with Crippen LogP contribution in [0.25, 0.3) is 0 Å². The molecule has 0 radical (unpaired) electrons. The summed E-state index contributed by atoms with van der Waals surface area (Å²) in [5.74, 6) is 0.545. The first kappa shape index (κ1) is 7.58. The van der Waals surface area contributed by atoms with Gasteiger partial charge in [0.25, 0.3) is 0 Å². The highest BCUT2D eigenvalue weighted by molar-refractivity contribution is 5.15. The van der Waals surface area contributed by atoms with Gasteiger partial charge in [-0.2, -0.15) is 0 Å². The molecule has 58 valence electrons. The summed E-state index contributed by atoms with van der Waals surface area (Å²) in [5.41, 5.74) is 0. The minimum Gasteiger partial charge on any atom is -0.624 e. The van der Waals surface area contributed by atoms with E-state index in [1.165, 1.54) is 19.3 Å². The highest BCUT2D eigenvalue weighted by atomic mass is 16.5. The zero-order valence-electron chi connectivity index (χ0n) is 6.55. The molecule has 1 fully saturated rings. The molecule has 0 aromatic carbocycles. The first-order valence-corrected chi connectivity index (χ1v) is 3.98. The number of hydrogen-bond donors (Lipinski definition) is 0. The lowest BCUT2D eigenvalue weighted by atomic mass is 9.86. The standard InChI is InChI=1S/C8H15NO/c1-7-5-3-4-6-8(7)9(2)10/h7-8H,2-6H2,1H3. The van der Waals surface area contributed by atoms with E-state index in [1.54, 1.807) is 0 Å². The van der Waals surface area contributed by atoms with E-state index in [0.717, 1.165) is 11.2 Å². The fourth-order valence-corrected chi connectivity index (χ4v) is 1.72. The Bertz CT molecular complexity index is 133. The second-order valence-electron chi connectivity index (χ2n) is 3.25. The maximum atomic E-state index is 10.8. The quantitative estimate of drug-likeness (QED) is 0.236. The largest absolute Gasteiger partial charge is 0.624 e. The molecular weight excluding hydrogens is 126 g/mol. The minimum atomic E-state index is 0.189. The van der Waals surface area contributed by atoms with Gasteiger partial charge in [-0.3, -0.25) is 0 Å². The molecule has 0 N–H and O–H groups in total. The fourth-order valence-electron chi connectivity index (χ4n) is 1.72. The van der Waals surface area contributed by atoms with E-state index in [0.29, 0.717) is 5.92 Å². The van der Waals surface area contributed by atoms with Crippen LogP contribution in [-0.4, -0.2) is 17.5 Å². The van der Waals surface area contributed by atoms with Crippen molar-refractivity contribution in [3.05, 3.63) is 5.21 Å². The molecule has 10 heavy (non-hydrogen) atoms. The lowest BCUT2D eigenvalue weighted by Gasteiger charge is -2.26. The van der Waals surface area contributed by atoms with E-state index in [1.807, 2.05) is 0 Å². The summed E-state index contributed by atoms with van der Waals surface area (Å²) in [6.07, 6.45) is 4.71. The van der Waals surface area contributed by atoms with Crippen LogP contribution in [0, 0.1) is 11.1 Å². The molecule has 0 aromatic heterocycles. The average molecular weight is 141 g/mol. The van der Waals surface area contributed by atoms with Gasteiger partial charge < -0.3 is 5.21 Å². The second kappa shape index (κ2) is 3.04. The Labute approximate surface area is 62.1 Å². The Balaban J connectivity index is 2.47. The van der Waals surface area contributed by atoms with Crippen LogP contribution in [0.3, 0.4) is 0 Å². The van der Waals surface area contributed by atoms with Gasteiger partial charge in [-0.25, -0.2) is 4.74 Å². The Morgan fingerprint density at radius 3 is 2.40 bits per heavy atom. The van der Waals surface area contributed by atoms with Gasteiger partial charge in [0.05, 0.1) is 0 Å². The van der Waals surface area contributed by atoms with Crippen molar-refractivity contribution in [2.45, 2.75) is 38.6 Å². The summed E-state index contributed by atoms with van der Waals surface area (Å²) in [6, 6.07) is 0.189. The van der Waals surface area contributed by atoms with Crippen molar-refractivity contribution in [1.82, 2.24) is 0 Å². The molecule has 2 nitrogen and oxygen atoms in total. The molecule has 0 heterocycles. The van der Waals surface area contributed by atoms with Gasteiger partial charge in [-0.15, -0.1) is 0 Å². The van der Waals surface area contributed by atoms with E-state index in [4.69, 9.17) is 0 Å². The van der Waals surface area contributed by atoms with Crippen molar-refractivity contribution >= 4 is 6.72 Å². The van der Waals surface area contributed by atoms with Crippen molar-refractivity contribution in [3.63, 3.8) is 0 Å². The molecular formula is C8H15NO. The number of nitrogens with zero attached hydrogens (tertiary/aromatic N) is 1. The van der Waals surface area contributed by atoms with Gasteiger partial charge in [-0.05, 0) is 12.8 Å². The number of hydroxylamine groups is 1. The third-order valence-electron chi connectivity index (χ3n) is 2.44. The molecule has 0 spiro atoms. The maximum absolute atomic E-state index is 10.8. The Kier molecular flexibility index (Phi) is 2.30. The van der Waals surface area contributed by atoms with Crippen LogP contribution in [0.2, 0.25) is 0 Å². The highest BCUT2D eigenvalue weighted by Gasteiger charge is 2.26. The monoisotopic (exact) mass is 141 g/mol. The van der Waals surface area contributed by atoms with Crippen LogP contribution in [0.4, 0.5) is 0 Å². The van der Waals surface area contributed by atoms with Gasteiger partial charge in [0.2, 0.25) is 0 Å². The van der Waals surface area contributed by atoms with E-state index in [9.17, 15) is 5.21 Å². The molecule has 2 unspecified atom stereocenters. The molecule has 0 bridgehead atoms. The predicted octanol–water partition coefficient (Wildman–Crippen LogP) is 1.78. The van der Waals surface area contributed by atoms with E-state index in [2.05, 4.69) is 13.6 Å². The van der Waals surface area contributed by atoms with Crippen LogP contribution >= 0.6 is 0 Å². The molecule has 1 aliphatic carbocycles. The van der Waals surface area contributed by atoms with Crippen molar-refractivity contribution in [1.29, 1.82) is 0 Å². The third-order valence-corrected chi connectivity index (χ3v) is 2.44. The molecule has 2 heteroatoms. The molecule has 0 aliphatic heterocycles. The summed E-state index contributed by atoms with van der Waals surface area (Å²) < 4.78 is 0.879. The highest BCUT2D eigenvalue weighted by Crippen LogP contribution is 2.25. The Hall–Kier alpha value is -0.530. The van der Waals surface area contributed by atoms with Crippen LogP contribution in [0.5, 0.6) is 0 Å². The Morgan fingerprint density at radius 2 is 2.00 bits per heavy atom. The number of hydrogen-bond acceptors (Lipinski definition) is 1. The molecule has 1 aliphatic rings. The smallest absolute Gasteiger partial charge is 0.165 e. The fraction of sp³-hybridized carbons (Fsp3) is 0.875. The van der Waals surface area contributed by atoms with Crippen LogP contribution in [0.1, 0.15) is 32.6 Å². The first-order chi connectivity index (χ1) is 4.72. The van der Waals surface area contributed by atoms with E-state index >= 15 is 0 Å². The zero-order chi connectivity index (χ0) is 7.56. The maximum Gasteiger partial charge on any atom is 0.165 e. The summed E-state index contributed by atoms with van der Waals surface area (Å²) in [6.45, 7) is 5.53. The summed E-state index contributed by atoms with van der Waals surface area (Å²) in [7, 11) is 0. The van der Waals surface area contributed by atoms with Crippen LogP contribution in [0.15, 0.2) is 0 Å². The van der Waals surface area contributed by atoms with E-state index in [-0.39, 0.29) is 6.04 Å². The first-order valence-electron chi connectivity index (χ1n) is 3.98.